The number of aromatic nitrogens is 2. The molecule has 5 heteroatoms. The van der Waals surface area contributed by atoms with Crippen LogP contribution in [0.15, 0.2) is 12.4 Å². The summed E-state index contributed by atoms with van der Waals surface area (Å²) in [6.07, 6.45) is 4.45. The Hall–Kier alpha value is -1.36. The van der Waals surface area contributed by atoms with Crippen molar-refractivity contribution in [1.82, 2.24) is 15.3 Å². The zero-order chi connectivity index (χ0) is 11.2. The standard InChI is InChI=1S/C11H18N4O/c1-2-7-16-11-9-13-8-10(14-11)15-5-3-12-4-6-15/h8-9,12H,2-7H2,1H3. The van der Waals surface area contributed by atoms with Gasteiger partial charge < -0.3 is 15.0 Å². The average Bonchev–Trinajstić information content (AvgIpc) is 2.38. The molecule has 1 fully saturated rings. The Morgan fingerprint density at radius 3 is 2.94 bits per heavy atom. The summed E-state index contributed by atoms with van der Waals surface area (Å²) >= 11 is 0. The van der Waals surface area contributed by atoms with Gasteiger partial charge in [-0.2, -0.15) is 4.98 Å². The lowest BCUT2D eigenvalue weighted by Crippen LogP contribution is -2.43. The van der Waals surface area contributed by atoms with Gasteiger partial charge in [-0.15, -0.1) is 0 Å². The molecule has 1 N–H and O–H groups in total. The van der Waals surface area contributed by atoms with Gasteiger partial charge in [0.05, 0.1) is 19.0 Å². The third kappa shape index (κ3) is 2.82. The minimum Gasteiger partial charge on any atom is -0.477 e. The molecule has 1 aromatic rings. The Bertz CT molecular complexity index is 326. The molecule has 1 aliphatic rings. The molecule has 0 amide bonds. The zero-order valence-electron chi connectivity index (χ0n) is 9.65. The molecule has 2 heterocycles. The van der Waals surface area contributed by atoms with Gasteiger partial charge in [-0.25, -0.2) is 0 Å². The van der Waals surface area contributed by atoms with Crippen LogP contribution >= 0.6 is 0 Å². The first-order valence-corrected chi connectivity index (χ1v) is 5.80. The fourth-order valence-corrected chi connectivity index (χ4v) is 1.66. The minimum absolute atomic E-state index is 0.623. The van der Waals surface area contributed by atoms with Crippen LogP contribution in [-0.2, 0) is 0 Å². The molecule has 5 nitrogen and oxygen atoms in total. The predicted molar refractivity (Wildman–Crippen MR) is 62.9 cm³/mol. The number of ether oxygens (including phenoxy) is 1. The van der Waals surface area contributed by atoms with E-state index >= 15 is 0 Å². The van der Waals surface area contributed by atoms with Gasteiger partial charge in [0, 0.05) is 26.2 Å². The first kappa shape index (κ1) is 11.1. The number of piperazine rings is 1. The molecule has 0 unspecified atom stereocenters. The number of rotatable bonds is 4. The molecule has 2 rings (SSSR count). The van der Waals surface area contributed by atoms with E-state index in [9.17, 15) is 0 Å². The van der Waals surface area contributed by atoms with Crippen LogP contribution in [0.25, 0.3) is 0 Å². The molecular formula is C11H18N4O. The van der Waals surface area contributed by atoms with Crippen LogP contribution < -0.4 is 15.0 Å². The van der Waals surface area contributed by atoms with Gasteiger partial charge >= 0.3 is 0 Å². The Morgan fingerprint density at radius 2 is 2.19 bits per heavy atom. The highest BCUT2D eigenvalue weighted by atomic mass is 16.5. The maximum atomic E-state index is 5.47. The Kier molecular flexibility index (Phi) is 3.93. The summed E-state index contributed by atoms with van der Waals surface area (Å²) in [7, 11) is 0. The Morgan fingerprint density at radius 1 is 1.38 bits per heavy atom. The monoisotopic (exact) mass is 222 g/mol. The van der Waals surface area contributed by atoms with Crippen molar-refractivity contribution in [3.63, 3.8) is 0 Å². The molecular weight excluding hydrogens is 204 g/mol. The molecule has 0 aromatic carbocycles. The van der Waals surface area contributed by atoms with Crippen LogP contribution in [0.4, 0.5) is 5.82 Å². The fourth-order valence-electron chi connectivity index (χ4n) is 1.66. The number of hydrogen-bond acceptors (Lipinski definition) is 5. The lowest BCUT2D eigenvalue weighted by molar-refractivity contribution is 0.304. The molecule has 88 valence electrons. The first-order valence-electron chi connectivity index (χ1n) is 5.80. The van der Waals surface area contributed by atoms with E-state index in [1.165, 1.54) is 0 Å². The summed E-state index contributed by atoms with van der Waals surface area (Å²) < 4.78 is 5.47. The highest BCUT2D eigenvalue weighted by molar-refractivity contribution is 5.38. The maximum Gasteiger partial charge on any atom is 0.234 e. The Balaban J connectivity index is 2.02. The molecule has 0 bridgehead atoms. The number of hydrogen-bond donors (Lipinski definition) is 1. The quantitative estimate of drug-likeness (QED) is 0.811. The van der Waals surface area contributed by atoms with Crippen molar-refractivity contribution in [3.05, 3.63) is 12.4 Å². The van der Waals surface area contributed by atoms with Crippen LogP contribution in [0.1, 0.15) is 13.3 Å². The molecule has 1 saturated heterocycles. The van der Waals surface area contributed by atoms with Crippen LogP contribution in [0.5, 0.6) is 5.88 Å². The van der Waals surface area contributed by atoms with Gasteiger partial charge in [-0.05, 0) is 6.42 Å². The SMILES string of the molecule is CCCOc1cncc(N2CCNCC2)n1. The van der Waals surface area contributed by atoms with Gasteiger partial charge in [-0.3, -0.25) is 4.98 Å². The second-order valence-electron chi connectivity index (χ2n) is 3.80. The lowest BCUT2D eigenvalue weighted by Gasteiger charge is -2.28. The molecule has 0 aliphatic carbocycles. The molecule has 1 aliphatic heterocycles. The van der Waals surface area contributed by atoms with Crippen LogP contribution in [0.2, 0.25) is 0 Å². The van der Waals surface area contributed by atoms with Gasteiger partial charge in [0.1, 0.15) is 0 Å². The van der Waals surface area contributed by atoms with E-state index in [2.05, 4.69) is 27.1 Å². The first-order chi connectivity index (χ1) is 7.90. The third-order valence-corrected chi connectivity index (χ3v) is 2.49. The summed E-state index contributed by atoms with van der Waals surface area (Å²) in [5.41, 5.74) is 0. The lowest BCUT2D eigenvalue weighted by atomic mass is 10.3. The van der Waals surface area contributed by atoms with E-state index in [0.717, 1.165) is 38.4 Å². The minimum atomic E-state index is 0.623. The molecule has 16 heavy (non-hydrogen) atoms. The van der Waals surface area contributed by atoms with Crippen LogP contribution in [0, 0.1) is 0 Å². The van der Waals surface area contributed by atoms with Crippen molar-refractivity contribution >= 4 is 5.82 Å². The smallest absolute Gasteiger partial charge is 0.234 e. The highest BCUT2D eigenvalue weighted by Crippen LogP contribution is 2.14. The van der Waals surface area contributed by atoms with Gasteiger partial charge in [0.15, 0.2) is 5.82 Å². The van der Waals surface area contributed by atoms with E-state index in [4.69, 9.17) is 4.74 Å². The van der Waals surface area contributed by atoms with Gasteiger partial charge in [0.25, 0.3) is 0 Å². The predicted octanol–water partition coefficient (Wildman–Crippen LogP) is 0.675. The molecule has 0 radical (unpaired) electrons. The Labute approximate surface area is 95.8 Å². The number of nitrogens with one attached hydrogen (secondary N) is 1. The topological polar surface area (TPSA) is 50.3 Å². The summed E-state index contributed by atoms with van der Waals surface area (Å²) in [6.45, 7) is 6.73. The van der Waals surface area contributed by atoms with E-state index in [1.807, 2.05) is 0 Å². The van der Waals surface area contributed by atoms with Gasteiger partial charge in [-0.1, -0.05) is 6.92 Å². The molecule has 0 saturated carbocycles. The highest BCUT2D eigenvalue weighted by Gasteiger charge is 2.12. The van der Waals surface area contributed by atoms with Crippen molar-refractivity contribution in [2.24, 2.45) is 0 Å². The molecule has 0 spiro atoms. The summed E-state index contributed by atoms with van der Waals surface area (Å²) in [5, 5.41) is 3.31. The van der Waals surface area contributed by atoms with E-state index in [-0.39, 0.29) is 0 Å². The number of nitrogens with zero attached hydrogens (tertiary/aromatic N) is 3. The van der Waals surface area contributed by atoms with Crippen molar-refractivity contribution in [1.29, 1.82) is 0 Å². The van der Waals surface area contributed by atoms with E-state index in [1.54, 1.807) is 12.4 Å². The van der Waals surface area contributed by atoms with Crippen LogP contribution in [0.3, 0.4) is 0 Å². The molecule has 0 atom stereocenters. The van der Waals surface area contributed by atoms with Gasteiger partial charge in [0.2, 0.25) is 5.88 Å². The van der Waals surface area contributed by atoms with Crippen LogP contribution in [-0.4, -0.2) is 42.8 Å². The fraction of sp³-hybridized carbons (Fsp3) is 0.636. The summed E-state index contributed by atoms with van der Waals surface area (Å²) in [6, 6.07) is 0. The summed E-state index contributed by atoms with van der Waals surface area (Å²) in [4.78, 5) is 10.8. The summed E-state index contributed by atoms with van der Waals surface area (Å²) in [5.74, 6) is 1.54. The number of anilines is 1. The second-order valence-corrected chi connectivity index (χ2v) is 3.80. The van der Waals surface area contributed by atoms with Crippen molar-refractivity contribution in [2.45, 2.75) is 13.3 Å². The average molecular weight is 222 g/mol. The second kappa shape index (κ2) is 5.65. The van der Waals surface area contributed by atoms with E-state index < -0.39 is 0 Å². The third-order valence-electron chi connectivity index (χ3n) is 2.49. The normalized spacial score (nSPS) is 16.2. The molecule has 1 aromatic heterocycles. The van der Waals surface area contributed by atoms with Crippen molar-refractivity contribution in [3.8, 4) is 5.88 Å². The largest absolute Gasteiger partial charge is 0.477 e. The zero-order valence-corrected chi connectivity index (χ0v) is 9.65. The van der Waals surface area contributed by atoms with E-state index in [0.29, 0.717) is 12.5 Å². The van der Waals surface area contributed by atoms with Crippen molar-refractivity contribution < 1.29 is 4.74 Å². The maximum absolute atomic E-state index is 5.47. The van der Waals surface area contributed by atoms with Crippen molar-refractivity contribution in [2.75, 3.05) is 37.7 Å².